The highest BCUT2D eigenvalue weighted by atomic mass is 32.1. The van der Waals surface area contributed by atoms with Crippen LogP contribution in [0.1, 0.15) is 73.9 Å². The van der Waals surface area contributed by atoms with Gasteiger partial charge in [-0.2, -0.15) is 0 Å². The number of aromatic carboxylic acids is 2. The third-order valence-electron chi connectivity index (χ3n) is 6.84. The zero-order valence-electron chi connectivity index (χ0n) is 24.7. The van der Waals surface area contributed by atoms with E-state index in [1.165, 1.54) is 35.3 Å². The molecule has 228 valence electrons. The number of thiophene rings is 1. The molecule has 0 aliphatic rings. The summed E-state index contributed by atoms with van der Waals surface area (Å²) >= 11 is 3.15. The highest BCUT2D eigenvalue weighted by molar-refractivity contribution is 7.13. The minimum atomic E-state index is -1.16. The molecule has 0 unspecified atom stereocenters. The molecule has 4 aromatic heterocycles. The Morgan fingerprint density at radius 3 is 2.36 bits per heavy atom. The van der Waals surface area contributed by atoms with E-state index in [0.717, 1.165) is 54.2 Å². The molecular formula is C33H34N4O5S2. The number of aryl methyl sites for hydroxylation is 1. The van der Waals surface area contributed by atoms with Crippen molar-refractivity contribution in [2.24, 2.45) is 0 Å². The van der Waals surface area contributed by atoms with Crippen molar-refractivity contribution in [3.05, 3.63) is 105 Å². The number of aromatic nitrogens is 3. The average molecular weight is 631 g/mol. The van der Waals surface area contributed by atoms with Gasteiger partial charge in [0.2, 0.25) is 0 Å². The molecule has 0 spiro atoms. The summed E-state index contributed by atoms with van der Waals surface area (Å²) in [6.45, 7) is 7.22. The van der Waals surface area contributed by atoms with E-state index < -0.39 is 11.9 Å². The number of hydrogen-bond donors (Lipinski definition) is 3. The van der Waals surface area contributed by atoms with Crippen LogP contribution in [0, 0.1) is 6.92 Å². The summed E-state index contributed by atoms with van der Waals surface area (Å²) < 4.78 is 2.04. The van der Waals surface area contributed by atoms with Crippen LogP contribution in [0.5, 0.6) is 0 Å². The molecule has 5 rings (SSSR count). The summed E-state index contributed by atoms with van der Waals surface area (Å²) in [5.41, 5.74) is 3.79. The first-order valence-electron chi connectivity index (χ1n) is 14.2. The summed E-state index contributed by atoms with van der Waals surface area (Å²) in [5, 5.41) is 26.3. The van der Waals surface area contributed by atoms with E-state index in [1.54, 1.807) is 22.9 Å². The van der Waals surface area contributed by atoms with Crippen LogP contribution in [0.4, 0.5) is 0 Å². The number of carbonyl (C=O) groups is 3. The number of carboxylic acid groups (broad SMARTS) is 2. The number of hydrogen-bond acceptors (Lipinski definition) is 7. The zero-order chi connectivity index (χ0) is 31.6. The minimum absolute atomic E-state index is 0.0216. The quantitative estimate of drug-likeness (QED) is 0.131. The molecule has 1 amide bonds. The molecule has 9 nitrogen and oxygen atoms in total. The maximum atomic E-state index is 11.8. The predicted octanol–water partition coefficient (Wildman–Crippen LogP) is 7.27. The first-order chi connectivity index (χ1) is 21.2. The van der Waals surface area contributed by atoms with Gasteiger partial charge in [0, 0.05) is 52.2 Å². The fraction of sp³-hybridized carbons (Fsp3) is 0.242. The standard InChI is InChI=1S/C19H16N2O4S.C14H18N2OS/c1-3-13-6-11(4-5-20-13)17-21-16(9-26-17)12-7-14(18(22)23)10(2)15(8-12)19(24)25;1-2-3-7-15-14(17)12-6-8-16(10-12)11-13-5-4-9-18-13/h4-9H,3H2,1-2H3,(H,22,23)(H,24,25);4-6,8-10H,2-3,7,11H2,1H3,(H,15,17). The van der Waals surface area contributed by atoms with Gasteiger partial charge >= 0.3 is 11.9 Å². The highest BCUT2D eigenvalue weighted by Gasteiger charge is 2.19. The molecule has 0 atom stereocenters. The third-order valence-corrected chi connectivity index (χ3v) is 8.59. The van der Waals surface area contributed by atoms with Crippen molar-refractivity contribution in [2.45, 2.75) is 46.6 Å². The zero-order valence-corrected chi connectivity index (χ0v) is 26.4. The molecule has 1 aromatic carbocycles. The SMILES string of the molecule is CCCCNC(=O)c1ccn(Cc2cccs2)c1.CCc1cc(-c2nc(-c3cc(C(=O)O)c(C)c(C(=O)O)c3)cs2)ccn1. The van der Waals surface area contributed by atoms with Gasteiger partial charge < -0.3 is 20.1 Å². The second kappa shape index (κ2) is 15.2. The number of amides is 1. The van der Waals surface area contributed by atoms with E-state index in [9.17, 15) is 24.6 Å². The Bertz CT molecular complexity index is 1710. The number of unbranched alkanes of at least 4 members (excludes halogenated alkanes) is 1. The van der Waals surface area contributed by atoms with Gasteiger partial charge in [-0.1, -0.05) is 26.3 Å². The molecule has 0 saturated heterocycles. The maximum Gasteiger partial charge on any atom is 0.336 e. The first kappa shape index (κ1) is 32.3. The largest absolute Gasteiger partial charge is 0.478 e. The van der Waals surface area contributed by atoms with Crippen LogP contribution in [0.2, 0.25) is 0 Å². The van der Waals surface area contributed by atoms with Crippen LogP contribution >= 0.6 is 22.7 Å². The number of carbonyl (C=O) groups excluding carboxylic acids is 1. The summed E-state index contributed by atoms with van der Waals surface area (Å²) in [7, 11) is 0. The predicted molar refractivity (Wildman–Crippen MR) is 174 cm³/mol. The molecule has 44 heavy (non-hydrogen) atoms. The van der Waals surface area contributed by atoms with Gasteiger partial charge in [0.1, 0.15) is 5.01 Å². The van der Waals surface area contributed by atoms with E-state index in [-0.39, 0.29) is 22.6 Å². The second-order valence-corrected chi connectivity index (χ2v) is 11.9. The van der Waals surface area contributed by atoms with Crippen LogP contribution in [-0.2, 0) is 13.0 Å². The third kappa shape index (κ3) is 8.27. The molecule has 3 N–H and O–H groups in total. The van der Waals surface area contributed by atoms with Crippen molar-refractivity contribution >= 4 is 40.5 Å². The molecule has 0 saturated carbocycles. The Morgan fingerprint density at radius 2 is 1.73 bits per heavy atom. The summed E-state index contributed by atoms with van der Waals surface area (Å²) in [6, 6.07) is 12.8. The number of rotatable bonds is 11. The van der Waals surface area contributed by atoms with Crippen molar-refractivity contribution in [1.82, 2.24) is 19.9 Å². The minimum Gasteiger partial charge on any atom is -0.478 e. The van der Waals surface area contributed by atoms with Gasteiger partial charge in [-0.25, -0.2) is 14.6 Å². The number of benzene rings is 1. The average Bonchev–Trinajstić information content (AvgIpc) is 3.81. The molecule has 0 aliphatic carbocycles. The van der Waals surface area contributed by atoms with Gasteiger partial charge in [-0.15, -0.1) is 22.7 Å². The van der Waals surface area contributed by atoms with Crippen molar-refractivity contribution in [2.75, 3.05) is 6.54 Å². The van der Waals surface area contributed by atoms with Crippen LogP contribution in [0.3, 0.4) is 0 Å². The Kier molecular flexibility index (Phi) is 11.2. The Labute approximate surface area is 263 Å². The lowest BCUT2D eigenvalue weighted by Crippen LogP contribution is -2.23. The number of pyridine rings is 1. The van der Waals surface area contributed by atoms with Gasteiger partial charge in [0.15, 0.2) is 0 Å². The van der Waals surface area contributed by atoms with Crippen molar-refractivity contribution in [3.63, 3.8) is 0 Å². The van der Waals surface area contributed by atoms with Crippen molar-refractivity contribution < 1.29 is 24.6 Å². The molecule has 11 heteroatoms. The van der Waals surface area contributed by atoms with E-state index in [4.69, 9.17) is 0 Å². The van der Waals surface area contributed by atoms with Crippen molar-refractivity contribution in [3.8, 4) is 21.8 Å². The lowest BCUT2D eigenvalue weighted by Gasteiger charge is -2.08. The topological polar surface area (TPSA) is 134 Å². The van der Waals surface area contributed by atoms with E-state index in [1.807, 2.05) is 48.1 Å². The van der Waals surface area contributed by atoms with E-state index in [0.29, 0.717) is 11.3 Å². The fourth-order valence-corrected chi connectivity index (χ4v) is 5.93. The number of thiazole rings is 1. The van der Waals surface area contributed by atoms with Crippen molar-refractivity contribution in [1.29, 1.82) is 0 Å². The molecule has 0 radical (unpaired) electrons. The molecule has 0 fully saturated rings. The van der Waals surface area contributed by atoms with Crippen LogP contribution in [-0.4, -0.2) is 49.1 Å². The maximum absolute atomic E-state index is 11.8. The van der Waals surface area contributed by atoms with Crippen LogP contribution in [0.15, 0.2) is 71.8 Å². The molecule has 0 bridgehead atoms. The molecule has 4 heterocycles. The normalized spacial score (nSPS) is 10.6. The number of nitrogens with one attached hydrogen (secondary N) is 1. The van der Waals surface area contributed by atoms with Crippen LogP contribution < -0.4 is 5.32 Å². The Hall–Kier alpha value is -4.61. The molecule has 0 aliphatic heterocycles. The molecular weight excluding hydrogens is 597 g/mol. The number of carboxylic acids is 2. The lowest BCUT2D eigenvalue weighted by atomic mass is 9.97. The monoisotopic (exact) mass is 630 g/mol. The van der Waals surface area contributed by atoms with Gasteiger partial charge in [-0.05, 0) is 67.1 Å². The highest BCUT2D eigenvalue weighted by Crippen LogP contribution is 2.31. The van der Waals surface area contributed by atoms with Gasteiger partial charge in [0.05, 0.1) is 28.9 Å². The Morgan fingerprint density at radius 1 is 0.977 bits per heavy atom. The summed E-state index contributed by atoms with van der Waals surface area (Å²) in [4.78, 5) is 44.9. The van der Waals surface area contributed by atoms with E-state index >= 15 is 0 Å². The first-order valence-corrected chi connectivity index (χ1v) is 15.9. The van der Waals surface area contributed by atoms with E-state index in [2.05, 4.69) is 33.7 Å². The van der Waals surface area contributed by atoms with Crippen LogP contribution in [0.25, 0.3) is 21.8 Å². The molecule has 5 aromatic rings. The lowest BCUT2D eigenvalue weighted by molar-refractivity contribution is 0.0695. The fourth-order valence-electron chi connectivity index (χ4n) is 4.39. The van der Waals surface area contributed by atoms with Gasteiger partial charge in [-0.3, -0.25) is 9.78 Å². The summed E-state index contributed by atoms with van der Waals surface area (Å²) in [5.74, 6) is -2.30. The smallest absolute Gasteiger partial charge is 0.336 e. The summed E-state index contributed by atoms with van der Waals surface area (Å²) in [6.07, 6.45) is 8.52. The second-order valence-electron chi connectivity index (χ2n) is 10.00. The number of nitrogens with zero attached hydrogens (tertiary/aromatic N) is 3. The Balaban J connectivity index is 0.000000215. The van der Waals surface area contributed by atoms with Gasteiger partial charge in [0.25, 0.3) is 5.91 Å².